The van der Waals surface area contributed by atoms with Gasteiger partial charge < -0.3 is 19.7 Å². The van der Waals surface area contributed by atoms with Crippen LogP contribution in [0.2, 0.25) is 0 Å². The van der Waals surface area contributed by atoms with E-state index in [0.29, 0.717) is 17.1 Å². The van der Waals surface area contributed by atoms with Gasteiger partial charge in [0.15, 0.2) is 0 Å². The number of methoxy groups -OCH3 is 1. The van der Waals surface area contributed by atoms with Gasteiger partial charge in [-0.3, -0.25) is 4.98 Å². The van der Waals surface area contributed by atoms with Crippen LogP contribution >= 0.6 is 0 Å². The van der Waals surface area contributed by atoms with Gasteiger partial charge in [-0.1, -0.05) is 18.2 Å². The maximum Gasteiger partial charge on any atom is 0.124 e. The van der Waals surface area contributed by atoms with E-state index in [9.17, 15) is 9.66 Å². The van der Waals surface area contributed by atoms with Gasteiger partial charge in [0.05, 0.1) is 29.3 Å². The zero-order valence-corrected chi connectivity index (χ0v) is 17.4. The minimum Gasteiger partial charge on any atom is -0.508 e. The van der Waals surface area contributed by atoms with E-state index in [1.165, 1.54) is 0 Å². The molecule has 0 bridgehead atoms. The number of benzene rings is 3. The Bertz CT molecular complexity index is 1260. The van der Waals surface area contributed by atoms with E-state index >= 15 is 0 Å². The van der Waals surface area contributed by atoms with Crippen LogP contribution in [-0.4, -0.2) is 21.8 Å². The molecule has 0 aliphatic rings. The number of rotatable bonds is 5. The first-order valence-electron chi connectivity index (χ1n) is 9.28. The van der Waals surface area contributed by atoms with E-state index in [1.54, 1.807) is 31.5 Å². The maximum atomic E-state index is 10.6. The van der Waals surface area contributed by atoms with Gasteiger partial charge in [0.1, 0.15) is 11.5 Å². The Morgan fingerprint density at radius 1 is 1.03 bits per heavy atom. The Morgan fingerprint density at radius 3 is 2.67 bits per heavy atom. The summed E-state index contributed by atoms with van der Waals surface area (Å²) in [6.07, 6.45) is 1.71. The summed E-state index contributed by atoms with van der Waals surface area (Å²) < 4.78 is 20.3. The number of nitrogens with zero attached hydrogens (tertiary/aromatic N) is 2. The van der Waals surface area contributed by atoms with Crippen LogP contribution in [0.3, 0.4) is 0 Å². The van der Waals surface area contributed by atoms with Crippen molar-refractivity contribution in [3.8, 4) is 11.5 Å². The molecule has 4 rings (SSSR count). The highest BCUT2D eigenvalue weighted by Gasteiger charge is 2.08. The van der Waals surface area contributed by atoms with Crippen molar-refractivity contribution in [2.45, 2.75) is 11.8 Å². The first-order chi connectivity index (χ1) is 14.5. The molecule has 0 unspecified atom stereocenters. The molecule has 1 atom stereocenters. The van der Waals surface area contributed by atoms with Crippen LogP contribution in [-0.2, 0) is 11.0 Å². The fourth-order valence-electron chi connectivity index (χ4n) is 3.14. The van der Waals surface area contributed by atoms with Crippen molar-refractivity contribution in [2.24, 2.45) is 4.36 Å². The number of pyridine rings is 1. The summed E-state index contributed by atoms with van der Waals surface area (Å²) in [5.74, 6) is 0.655. The van der Waals surface area contributed by atoms with Crippen molar-refractivity contribution < 1.29 is 14.4 Å². The van der Waals surface area contributed by atoms with Crippen molar-refractivity contribution in [2.75, 3.05) is 12.4 Å². The molecule has 0 spiro atoms. The molecular weight excluding hydrogens is 398 g/mol. The number of anilines is 2. The lowest BCUT2D eigenvalue weighted by Gasteiger charge is -2.12. The molecule has 1 aromatic heterocycles. The molecule has 152 valence electrons. The minimum atomic E-state index is -1.26. The number of hydrogen-bond acceptors (Lipinski definition) is 5. The quantitative estimate of drug-likeness (QED) is 0.371. The standard InChI is InChI=1S/C23H21N3O3S/c1-15-5-3-4-6-23(15)30(28)26-16-7-8-21-20(13-16)22(9-10-24-21)25-17-11-18(27)14-19(12-17)29-2/h3-14,27H,1-2H3,(H,24,25)(H,26,28)/t30-/m0/s1. The molecule has 3 aromatic carbocycles. The van der Waals surface area contributed by atoms with Crippen molar-refractivity contribution >= 4 is 38.9 Å². The van der Waals surface area contributed by atoms with E-state index in [2.05, 4.69) is 14.7 Å². The molecule has 0 fully saturated rings. The van der Waals surface area contributed by atoms with Gasteiger partial charge in [-0.2, -0.15) is 4.36 Å². The van der Waals surface area contributed by atoms with E-state index < -0.39 is 11.0 Å². The van der Waals surface area contributed by atoms with Crippen LogP contribution in [0, 0.1) is 6.92 Å². The number of fused-ring (bicyclic) bond motifs is 1. The Balaban J connectivity index is 1.73. The predicted molar refractivity (Wildman–Crippen MR) is 121 cm³/mol. The number of aryl methyl sites for hydroxylation is 1. The normalized spacial score (nSPS) is 12.1. The van der Waals surface area contributed by atoms with E-state index in [0.717, 1.165) is 27.0 Å². The van der Waals surface area contributed by atoms with Gasteiger partial charge in [-0.05, 0) is 42.8 Å². The molecule has 0 aliphatic heterocycles. The number of phenolic OH excluding ortho intramolecular Hbond substituents is 1. The highest BCUT2D eigenvalue weighted by Crippen LogP contribution is 2.32. The molecule has 30 heavy (non-hydrogen) atoms. The molecule has 6 nitrogen and oxygen atoms in total. The largest absolute Gasteiger partial charge is 0.508 e. The molecule has 0 aliphatic carbocycles. The number of hydrogen-bond donors (Lipinski definition) is 3. The Labute approximate surface area is 177 Å². The maximum absolute atomic E-state index is 10.6. The highest BCUT2D eigenvalue weighted by atomic mass is 32.2. The first-order valence-corrected chi connectivity index (χ1v) is 10.4. The van der Waals surface area contributed by atoms with Crippen LogP contribution in [0.4, 0.5) is 17.1 Å². The summed E-state index contributed by atoms with van der Waals surface area (Å²) in [5.41, 5.74) is 3.93. The van der Waals surface area contributed by atoms with Gasteiger partial charge in [0, 0.05) is 46.1 Å². The van der Waals surface area contributed by atoms with Crippen LogP contribution < -0.4 is 10.1 Å². The zero-order chi connectivity index (χ0) is 21.1. The number of nitrogens with one attached hydrogen (secondary N) is 1. The highest BCUT2D eigenvalue weighted by molar-refractivity contribution is 7.81. The van der Waals surface area contributed by atoms with Crippen LogP contribution in [0.15, 0.2) is 82.2 Å². The second-order valence-corrected chi connectivity index (χ2v) is 7.88. The van der Waals surface area contributed by atoms with Crippen LogP contribution in [0.1, 0.15) is 5.56 Å². The molecule has 3 N–H and O–H groups in total. The second kappa shape index (κ2) is 8.52. The van der Waals surface area contributed by atoms with Gasteiger partial charge in [-0.25, -0.2) is 0 Å². The van der Waals surface area contributed by atoms with Crippen molar-refractivity contribution in [3.63, 3.8) is 0 Å². The van der Waals surface area contributed by atoms with Gasteiger partial charge in [-0.15, -0.1) is 0 Å². The number of aromatic nitrogens is 1. The third-order valence-corrected chi connectivity index (χ3v) is 5.85. The molecule has 0 saturated heterocycles. The molecule has 1 heterocycles. The van der Waals surface area contributed by atoms with Crippen molar-refractivity contribution in [1.29, 1.82) is 0 Å². The summed E-state index contributed by atoms with van der Waals surface area (Å²) in [4.78, 5) is 5.21. The predicted octanol–water partition coefficient (Wildman–Crippen LogP) is 5.97. The van der Waals surface area contributed by atoms with Gasteiger partial charge in [0.2, 0.25) is 0 Å². The lowest BCUT2D eigenvalue weighted by Crippen LogP contribution is -1.94. The van der Waals surface area contributed by atoms with E-state index in [-0.39, 0.29) is 5.75 Å². The fraction of sp³-hybridized carbons (Fsp3) is 0.0870. The number of ether oxygens (including phenoxy) is 1. The monoisotopic (exact) mass is 419 g/mol. The topological polar surface area (TPSA) is 87.0 Å². The second-order valence-electron chi connectivity index (χ2n) is 6.73. The van der Waals surface area contributed by atoms with E-state index in [4.69, 9.17) is 4.74 Å². The third kappa shape index (κ3) is 4.27. The fourth-order valence-corrected chi connectivity index (χ4v) is 4.11. The zero-order valence-electron chi connectivity index (χ0n) is 16.5. The lowest BCUT2D eigenvalue weighted by molar-refractivity contribution is 0.408. The summed E-state index contributed by atoms with van der Waals surface area (Å²) >= 11 is 0. The van der Waals surface area contributed by atoms with Crippen LogP contribution in [0.25, 0.3) is 10.9 Å². The Kier molecular flexibility index (Phi) is 5.65. The minimum absolute atomic E-state index is 0.105. The third-order valence-electron chi connectivity index (χ3n) is 4.61. The summed E-state index contributed by atoms with van der Waals surface area (Å²) in [5, 5.41) is 14.1. The Morgan fingerprint density at radius 2 is 1.87 bits per heavy atom. The molecule has 0 saturated carbocycles. The smallest absolute Gasteiger partial charge is 0.124 e. The summed E-state index contributed by atoms with van der Waals surface area (Å²) in [7, 11) is 0.294. The first kappa shape index (κ1) is 19.9. The molecular formula is C23H21N3O3S. The van der Waals surface area contributed by atoms with E-state index in [1.807, 2.05) is 55.5 Å². The molecule has 0 radical (unpaired) electrons. The average Bonchev–Trinajstić information content (AvgIpc) is 2.74. The van der Waals surface area contributed by atoms with Gasteiger partial charge in [0.25, 0.3) is 0 Å². The number of phenols is 1. The molecule has 4 aromatic rings. The lowest BCUT2D eigenvalue weighted by atomic mass is 10.1. The van der Waals surface area contributed by atoms with Gasteiger partial charge >= 0.3 is 0 Å². The molecule has 0 amide bonds. The summed E-state index contributed by atoms with van der Waals surface area (Å²) in [6, 6.07) is 20.1. The molecule has 7 heteroatoms. The van der Waals surface area contributed by atoms with Crippen LogP contribution in [0.5, 0.6) is 11.5 Å². The summed E-state index contributed by atoms with van der Waals surface area (Å²) in [6.45, 7) is 1.96. The number of aromatic hydroxyl groups is 1. The Hall–Kier alpha value is -3.42. The van der Waals surface area contributed by atoms with Crippen molar-refractivity contribution in [1.82, 2.24) is 4.98 Å². The SMILES string of the molecule is COc1cc(O)cc(Nc2ccnc3ccc(N=[S@@](O)c4ccccc4C)cc23)c1. The van der Waals surface area contributed by atoms with Crippen molar-refractivity contribution in [3.05, 3.63) is 78.5 Å². The average molecular weight is 420 g/mol.